The van der Waals surface area contributed by atoms with Crippen LogP contribution < -0.4 is 15.2 Å². The summed E-state index contributed by atoms with van der Waals surface area (Å²) in [5, 5.41) is 0.581. The Morgan fingerprint density at radius 3 is 2.60 bits per heavy atom. The highest BCUT2D eigenvalue weighted by atomic mass is 32.1. The maximum Gasteiger partial charge on any atom is 0.180 e. The van der Waals surface area contributed by atoms with Crippen molar-refractivity contribution in [3.8, 4) is 21.9 Å². The first-order chi connectivity index (χ1) is 9.51. The maximum atomic E-state index is 5.83. The lowest BCUT2D eigenvalue weighted by molar-refractivity contribution is 0.257. The highest BCUT2D eigenvalue weighted by Crippen LogP contribution is 2.37. The van der Waals surface area contributed by atoms with E-state index in [2.05, 4.69) is 18.8 Å². The number of rotatable bonds is 5. The highest BCUT2D eigenvalue weighted by Gasteiger charge is 2.12. The summed E-state index contributed by atoms with van der Waals surface area (Å²) >= 11 is 1.48. The SMILES string of the molecule is COc1ccc(-c2sc(N)nc2C)cc1OCC(C)C. The summed E-state index contributed by atoms with van der Waals surface area (Å²) < 4.78 is 11.2. The van der Waals surface area contributed by atoms with Gasteiger partial charge in [-0.3, -0.25) is 0 Å². The van der Waals surface area contributed by atoms with E-state index >= 15 is 0 Å². The van der Waals surface area contributed by atoms with Crippen LogP contribution in [0, 0.1) is 12.8 Å². The molecule has 0 aliphatic heterocycles. The fraction of sp³-hybridized carbons (Fsp3) is 0.400. The predicted molar refractivity (Wildman–Crippen MR) is 83.6 cm³/mol. The zero-order valence-corrected chi connectivity index (χ0v) is 13.1. The van der Waals surface area contributed by atoms with Gasteiger partial charge in [-0.1, -0.05) is 25.2 Å². The molecule has 108 valence electrons. The number of ether oxygens (including phenoxy) is 2. The number of hydrogen-bond acceptors (Lipinski definition) is 5. The summed E-state index contributed by atoms with van der Waals surface area (Å²) in [7, 11) is 1.65. The summed E-state index contributed by atoms with van der Waals surface area (Å²) in [6.07, 6.45) is 0. The van der Waals surface area contributed by atoms with Crippen LogP contribution in [-0.4, -0.2) is 18.7 Å². The topological polar surface area (TPSA) is 57.4 Å². The van der Waals surface area contributed by atoms with Gasteiger partial charge < -0.3 is 15.2 Å². The van der Waals surface area contributed by atoms with Crippen LogP contribution in [-0.2, 0) is 0 Å². The smallest absolute Gasteiger partial charge is 0.180 e. The molecule has 1 aromatic heterocycles. The van der Waals surface area contributed by atoms with Crippen molar-refractivity contribution in [3.63, 3.8) is 0 Å². The van der Waals surface area contributed by atoms with Crippen molar-refractivity contribution in [1.29, 1.82) is 0 Å². The number of nitrogens with two attached hydrogens (primary N) is 1. The van der Waals surface area contributed by atoms with E-state index in [9.17, 15) is 0 Å². The molecule has 0 aliphatic carbocycles. The van der Waals surface area contributed by atoms with Crippen molar-refractivity contribution in [1.82, 2.24) is 4.98 Å². The summed E-state index contributed by atoms with van der Waals surface area (Å²) in [5.41, 5.74) is 7.75. The second kappa shape index (κ2) is 6.13. The normalized spacial score (nSPS) is 10.8. The molecule has 2 N–H and O–H groups in total. The van der Waals surface area contributed by atoms with Gasteiger partial charge in [-0.15, -0.1) is 0 Å². The molecule has 0 radical (unpaired) electrons. The Labute approximate surface area is 123 Å². The summed E-state index contributed by atoms with van der Waals surface area (Å²) in [5.74, 6) is 1.96. The van der Waals surface area contributed by atoms with Gasteiger partial charge in [0.2, 0.25) is 0 Å². The van der Waals surface area contributed by atoms with Gasteiger partial charge >= 0.3 is 0 Å². The van der Waals surface area contributed by atoms with Crippen LogP contribution in [0.5, 0.6) is 11.5 Å². The van der Waals surface area contributed by atoms with Crippen LogP contribution in [0.1, 0.15) is 19.5 Å². The van der Waals surface area contributed by atoms with E-state index in [1.54, 1.807) is 7.11 Å². The fourth-order valence-electron chi connectivity index (χ4n) is 1.87. The summed E-state index contributed by atoms with van der Waals surface area (Å²) in [6, 6.07) is 5.91. The van der Waals surface area contributed by atoms with Crippen molar-refractivity contribution >= 4 is 16.5 Å². The molecule has 0 atom stereocenters. The van der Waals surface area contributed by atoms with Crippen molar-refractivity contribution in [2.24, 2.45) is 5.92 Å². The maximum absolute atomic E-state index is 5.83. The average molecular weight is 292 g/mol. The van der Waals surface area contributed by atoms with E-state index in [0.29, 0.717) is 17.7 Å². The van der Waals surface area contributed by atoms with Gasteiger partial charge in [-0.2, -0.15) is 0 Å². The molecule has 1 aromatic carbocycles. The van der Waals surface area contributed by atoms with Crippen molar-refractivity contribution in [2.45, 2.75) is 20.8 Å². The lowest BCUT2D eigenvalue weighted by atomic mass is 10.1. The van der Waals surface area contributed by atoms with E-state index in [-0.39, 0.29) is 0 Å². The van der Waals surface area contributed by atoms with E-state index in [1.807, 2.05) is 25.1 Å². The number of nitrogen functional groups attached to an aromatic ring is 1. The summed E-state index contributed by atoms with van der Waals surface area (Å²) in [4.78, 5) is 5.33. The van der Waals surface area contributed by atoms with Crippen LogP contribution in [0.15, 0.2) is 18.2 Å². The molecule has 1 heterocycles. The Morgan fingerprint density at radius 2 is 2.05 bits per heavy atom. The first kappa shape index (κ1) is 14.7. The second-order valence-electron chi connectivity index (χ2n) is 5.04. The van der Waals surface area contributed by atoms with Crippen LogP contribution in [0.25, 0.3) is 10.4 Å². The minimum absolute atomic E-state index is 0.462. The molecule has 0 unspecified atom stereocenters. The molecule has 0 saturated heterocycles. The standard InChI is InChI=1S/C15H20N2O2S/c1-9(2)8-19-13-7-11(5-6-12(13)18-4)14-10(3)17-15(16)20-14/h5-7,9H,8H2,1-4H3,(H2,16,17). The lowest BCUT2D eigenvalue weighted by Crippen LogP contribution is -2.05. The van der Waals surface area contributed by atoms with Gasteiger partial charge in [0.1, 0.15) is 0 Å². The quantitative estimate of drug-likeness (QED) is 0.912. The minimum Gasteiger partial charge on any atom is -0.493 e. The van der Waals surface area contributed by atoms with E-state index in [0.717, 1.165) is 27.6 Å². The van der Waals surface area contributed by atoms with Crippen LogP contribution in [0.3, 0.4) is 0 Å². The molecule has 0 spiro atoms. The molecular formula is C15H20N2O2S. The van der Waals surface area contributed by atoms with Crippen LogP contribution in [0.4, 0.5) is 5.13 Å². The number of benzene rings is 1. The van der Waals surface area contributed by atoms with Gasteiger partial charge in [-0.05, 0) is 36.6 Å². The first-order valence-electron chi connectivity index (χ1n) is 6.55. The van der Waals surface area contributed by atoms with E-state index < -0.39 is 0 Å². The summed E-state index contributed by atoms with van der Waals surface area (Å²) in [6.45, 7) is 6.85. The number of thiazole rings is 1. The number of aryl methyl sites for hydroxylation is 1. The highest BCUT2D eigenvalue weighted by molar-refractivity contribution is 7.18. The number of methoxy groups -OCH3 is 1. The molecule has 0 bridgehead atoms. The second-order valence-corrected chi connectivity index (χ2v) is 6.07. The zero-order chi connectivity index (χ0) is 14.7. The third-order valence-electron chi connectivity index (χ3n) is 2.81. The molecule has 4 nitrogen and oxygen atoms in total. The van der Waals surface area contributed by atoms with Crippen molar-refractivity contribution in [3.05, 3.63) is 23.9 Å². The number of hydrogen-bond donors (Lipinski definition) is 1. The van der Waals surface area contributed by atoms with E-state index in [4.69, 9.17) is 15.2 Å². The molecular weight excluding hydrogens is 272 g/mol. The molecule has 0 amide bonds. The minimum atomic E-state index is 0.462. The molecule has 0 saturated carbocycles. The number of aromatic nitrogens is 1. The van der Waals surface area contributed by atoms with Gasteiger partial charge in [0, 0.05) is 0 Å². The van der Waals surface area contributed by atoms with Gasteiger partial charge in [0.15, 0.2) is 16.6 Å². The van der Waals surface area contributed by atoms with Crippen LogP contribution in [0.2, 0.25) is 0 Å². The van der Waals surface area contributed by atoms with Gasteiger partial charge in [-0.25, -0.2) is 4.98 Å². The molecule has 2 rings (SSSR count). The Bertz CT molecular complexity index is 594. The van der Waals surface area contributed by atoms with Gasteiger partial charge in [0.05, 0.1) is 24.3 Å². The largest absolute Gasteiger partial charge is 0.493 e. The Kier molecular flexibility index (Phi) is 4.49. The predicted octanol–water partition coefficient (Wildman–Crippen LogP) is 3.74. The monoisotopic (exact) mass is 292 g/mol. The molecule has 2 aromatic rings. The molecule has 0 fully saturated rings. The Balaban J connectivity index is 2.36. The Hall–Kier alpha value is -1.75. The van der Waals surface area contributed by atoms with E-state index in [1.165, 1.54) is 11.3 Å². The Morgan fingerprint density at radius 1 is 1.30 bits per heavy atom. The molecule has 20 heavy (non-hydrogen) atoms. The lowest BCUT2D eigenvalue weighted by Gasteiger charge is -2.13. The zero-order valence-electron chi connectivity index (χ0n) is 12.3. The molecule has 0 aliphatic rings. The van der Waals surface area contributed by atoms with Crippen LogP contribution >= 0.6 is 11.3 Å². The molecule has 5 heteroatoms. The average Bonchev–Trinajstić information content (AvgIpc) is 2.75. The number of anilines is 1. The van der Waals surface area contributed by atoms with Gasteiger partial charge in [0.25, 0.3) is 0 Å². The third kappa shape index (κ3) is 3.22. The van der Waals surface area contributed by atoms with Crippen molar-refractivity contribution < 1.29 is 9.47 Å². The fourth-order valence-corrected chi connectivity index (χ4v) is 2.70. The third-order valence-corrected chi connectivity index (χ3v) is 3.85. The van der Waals surface area contributed by atoms with Crippen molar-refractivity contribution in [2.75, 3.05) is 19.5 Å². The number of nitrogens with zero attached hydrogens (tertiary/aromatic N) is 1. The first-order valence-corrected chi connectivity index (χ1v) is 7.37.